The molecule has 0 aliphatic carbocycles. The van der Waals surface area contributed by atoms with Gasteiger partial charge >= 0.3 is 0 Å². The van der Waals surface area contributed by atoms with Crippen molar-refractivity contribution < 1.29 is 9.90 Å². The van der Waals surface area contributed by atoms with Crippen molar-refractivity contribution in [2.75, 3.05) is 0 Å². The van der Waals surface area contributed by atoms with Crippen molar-refractivity contribution in [2.24, 2.45) is 0 Å². The van der Waals surface area contributed by atoms with Gasteiger partial charge in [-0.05, 0) is 92.3 Å². The number of rotatable bonds is 5. The lowest BCUT2D eigenvalue weighted by molar-refractivity contribution is 0.669. The minimum Gasteiger partial charge on any atom is -0.456 e. The van der Waals surface area contributed by atoms with Crippen LogP contribution in [0.25, 0.3) is 99.9 Å². The van der Waals surface area contributed by atoms with E-state index in [4.69, 9.17) is 23.5 Å². The Morgan fingerprint density at radius 3 is 1.67 bits per heavy atom. The Morgan fingerprint density at radius 1 is 0.373 bits per heavy atom. The van der Waals surface area contributed by atoms with Gasteiger partial charge in [0.25, 0.3) is 0 Å². The highest BCUT2D eigenvalue weighted by Gasteiger charge is 2.15. The molecule has 0 unspecified atom stereocenters. The summed E-state index contributed by atoms with van der Waals surface area (Å²) in [6.45, 7) is 0. The van der Waals surface area contributed by atoms with E-state index >= 15 is 0 Å². The van der Waals surface area contributed by atoms with Crippen LogP contribution in [0.4, 0.5) is 0 Å². The summed E-state index contributed by atoms with van der Waals surface area (Å²) in [5, 5.41) is 6.18. The van der Waals surface area contributed by atoms with Crippen molar-refractivity contribution in [1.29, 1.82) is 0 Å². The second-order valence-corrected chi connectivity index (χ2v) is 12.6. The van der Waals surface area contributed by atoms with E-state index in [0.717, 1.165) is 49.4 Å². The van der Waals surface area contributed by atoms with Crippen LogP contribution in [0, 0.1) is 0 Å². The van der Waals surface area contributed by atoms with Gasteiger partial charge in [0.1, 0.15) is 11.2 Å². The fraction of sp³-hybridized carbons (Fsp3) is 0. The van der Waals surface area contributed by atoms with Crippen molar-refractivity contribution in [1.82, 2.24) is 15.0 Å². The van der Waals surface area contributed by atoms with E-state index in [2.05, 4.69) is 42.5 Å². The van der Waals surface area contributed by atoms with Crippen LogP contribution in [-0.4, -0.2) is 15.0 Å². The zero-order valence-electron chi connectivity index (χ0n) is 31.2. The summed E-state index contributed by atoms with van der Waals surface area (Å²) in [6, 6.07) is 49.0. The van der Waals surface area contributed by atoms with Crippen LogP contribution in [0.2, 0.25) is 0 Å². The summed E-state index contributed by atoms with van der Waals surface area (Å²) >= 11 is 0. The Labute approximate surface area is 300 Å². The summed E-state index contributed by atoms with van der Waals surface area (Å²) in [6.07, 6.45) is 0. The van der Waals surface area contributed by atoms with Gasteiger partial charge in [0.05, 0.1) is 5.48 Å². The topological polar surface area (TPSA) is 51.8 Å². The van der Waals surface area contributed by atoms with Crippen LogP contribution in [0.3, 0.4) is 0 Å². The molecule has 0 spiro atoms. The Balaban J connectivity index is 1.11. The van der Waals surface area contributed by atoms with Gasteiger partial charge in [-0.15, -0.1) is 0 Å². The molecule has 10 aromatic rings. The first-order valence-electron chi connectivity index (χ1n) is 18.8. The Kier molecular flexibility index (Phi) is 5.86. The highest BCUT2D eigenvalue weighted by Crippen LogP contribution is 2.34. The molecule has 51 heavy (non-hydrogen) atoms. The molecule has 4 nitrogen and oxygen atoms in total. The maximum atomic E-state index is 9.51. The SMILES string of the molecule is [2H]c1c([2H])c(-c2ccc3cc(-c4ccc5ccccc5c4)ccc3c2)c([2H])c(-c2nc(-c3ccccc3)nc(-c3ccc4oc5ccccc5c4c3)n2)c1[2H]. The van der Waals surface area contributed by atoms with Crippen molar-refractivity contribution in [3.63, 3.8) is 0 Å². The molecule has 2 heterocycles. The van der Waals surface area contributed by atoms with Gasteiger partial charge in [-0.1, -0.05) is 127 Å². The predicted molar refractivity (Wildman–Crippen MR) is 209 cm³/mol. The van der Waals surface area contributed by atoms with Gasteiger partial charge in [0.2, 0.25) is 0 Å². The van der Waals surface area contributed by atoms with Gasteiger partial charge in [0.15, 0.2) is 17.5 Å². The van der Waals surface area contributed by atoms with Crippen LogP contribution in [0.1, 0.15) is 5.48 Å². The summed E-state index contributed by atoms with van der Waals surface area (Å²) in [4.78, 5) is 14.5. The van der Waals surface area contributed by atoms with E-state index in [0.29, 0.717) is 22.8 Å². The van der Waals surface area contributed by atoms with Gasteiger partial charge in [-0.3, -0.25) is 0 Å². The van der Waals surface area contributed by atoms with Crippen molar-refractivity contribution in [3.05, 3.63) is 176 Å². The monoisotopic (exact) mass is 655 g/mol. The molecule has 0 atom stereocenters. The maximum absolute atomic E-state index is 9.51. The average Bonchev–Trinajstić information content (AvgIpc) is 3.61. The molecule has 0 aliphatic heterocycles. The number of para-hydroxylation sites is 1. The number of furan rings is 1. The van der Waals surface area contributed by atoms with E-state index in [1.165, 1.54) is 10.8 Å². The van der Waals surface area contributed by atoms with Crippen LogP contribution < -0.4 is 0 Å². The minimum absolute atomic E-state index is 0.0680. The van der Waals surface area contributed by atoms with Crippen LogP contribution in [0.15, 0.2) is 180 Å². The van der Waals surface area contributed by atoms with Gasteiger partial charge in [-0.25, -0.2) is 15.0 Å². The molecule has 0 radical (unpaired) electrons. The van der Waals surface area contributed by atoms with E-state index in [1.807, 2.05) is 109 Å². The Bertz CT molecular complexity index is 3160. The second-order valence-electron chi connectivity index (χ2n) is 12.6. The van der Waals surface area contributed by atoms with E-state index in [-0.39, 0.29) is 41.1 Å². The molecule has 10 rings (SSSR count). The van der Waals surface area contributed by atoms with E-state index in [1.54, 1.807) is 0 Å². The van der Waals surface area contributed by atoms with E-state index in [9.17, 15) is 1.37 Å². The lowest BCUT2D eigenvalue weighted by Crippen LogP contribution is -2.00. The molecular weight excluding hydrogens is 623 g/mol. The van der Waals surface area contributed by atoms with Crippen molar-refractivity contribution in [2.45, 2.75) is 0 Å². The molecule has 0 bridgehead atoms. The number of hydrogen-bond donors (Lipinski definition) is 0. The first kappa shape index (κ1) is 25.1. The number of benzene rings is 8. The lowest BCUT2D eigenvalue weighted by Gasteiger charge is -2.11. The third-order valence-electron chi connectivity index (χ3n) is 9.36. The van der Waals surface area contributed by atoms with Crippen LogP contribution >= 0.6 is 0 Å². The first-order chi connectivity index (χ1) is 26.9. The quantitative estimate of drug-likeness (QED) is 0.185. The third kappa shape index (κ3) is 5.31. The summed E-state index contributed by atoms with van der Waals surface area (Å²) in [7, 11) is 0. The molecule has 0 saturated carbocycles. The Hall–Kier alpha value is -6.91. The number of nitrogens with zero attached hydrogens (tertiary/aromatic N) is 3. The van der Waals surface area contributed by atoms with Gasteiger partial charge in [-0.2, -0.15) is 0 Å². The maximum Gasteiger partial charge on any atom is 0.164 e. The summed E-state index contributed by atoms with van der Waals surface area (Å²) in [5.74, 6) is 0.810. The van der Waals surface area contributed by atoms with Crippen LogP contribution in [0.5, 0.6) is 0 Å². The Morgan fingerprint density at radius 2 is 0.902 bits per heavy atom. The summed E-state index contributed by atoms with van der Waals surface area (Å²) < 4.78 is 42.5. The highest BCUT2D eigenvalue weighted by molar-refractivity contribution is 6.06. The fourth-order valence-electron chi connectivity index (χ4n) is 6.75. The second kappa shape index (κ2) is 11.9. The molecule has 0 saturated heterocycles. The molecular formula is C47H29N3O. The number of aromatic nitrogens is 3. The molecule has 0 aliphatic rings. The van der Waals surface area contributed by atoms with Crippen LogP contribution in [-0.2, 0) is 0 Å². The van der Waals surface area contributed by atoms with Gasteiger partial charge < -0.3 is 4.42 Å². The minimum atomic E-state index is -0.303. The standard InChI is InChI=1S/C47H29N3O/c1-2-10-31(11-3-1)45-48-46(50-47(49-45)40-23-24-44-42(29-40)41-15-6-7-16-43(41)51-44)39-14-8-13-33(28-39)34-19-20-38-27-37(22-21-36(38)26-34)35-18-17-30-9-4-5-12-32(30)25-35/h1-29H/i8D,13D,14D,28D. The normalized spacial score (nSPS) is 12.6. The third-order valence-corrected chi connectivity index (χ3v) is 9.36. The lowest BCUT2D eigenvalue weighted by atomic mass is 9.96. The smallest absolute Gasteiger partial charge is 0.164 e. The molecule has 2 aromatic heterocycles. The fourth-order valence-corrected chi connectivity index (χ4v) is 6.75. The molecule has 4 heteroatoms. The highest BCUT2D eigenvalue weighted by atomic mass is 16.3. The summed E-state index contributed by atoms with van der Waals surface area (Å²) in [5.41, 5.74) is 6.07. The molecule has 8 aromatic carbocycles. The number of hydrogen-bond acceptors (Lipinski definition) is 4. The van der Waals surface area contributed by atoms with E-state index < -0.39 is 0 Å². The van der Waals surface area contributed by atoms with Gasteiger partial charge in [0, 0.05) is 27.5 Å². The van der Waals surface area contributed by atoms with Crippen molar-refractivity contribution >= 4 is 43.5 Å². The first-order valence-corrected chi connectivity index (χ1v) is 16.8. The largest absolute Gasteiger partial charge is 0.456 e. The molecule has 0 amide bonds. The predicted octanol–water partition coefficient (Wildman–Crippen LogP) is 12.4. The molecule has 238 valence electrons. The zero-order valence-corrected chi connectivity index (χ0v) is 27.2. The zero-order chi connectivity index (χ0) is 37.2. The number of fused-ring (bicyclic) bond motifs is 5. The van der Waals surface area contributed by atoms with Crippen molar-refractivity contribution in [3.8, 4) is 56.4 Å². The molecule has 0 N–H and O–H groups in total. The molecule has 0 fully saturated rings. The average molecular weight is 656 g/mol.